The van der Waals surface area contributed by atoms with E-state index in [1.54, 1.807) is 32.9 Å². The molecule has 1 aromatic carbocycles. The minimum Gasteiger partial charge on any atom is -0.443 e. The number of nitrogens with zero attached hydrogens (tertiary/aromatic N) is 1. The van der Waals surface area contributed by atoms with Gasteiger partial charge in [0.05, 0.1) is 0 Å². The number of ether oxygens (including phenoxy) is 1. The second-order valence-electron chi connectivity index (χ2n) is 6.27. The first-order valence-corrected chi connectivity index (χ1v) is 7.06. The molecule has 5 heteroatoms. The fourth-order valence-corrected chi connectivity index (χ4v) is 2.39. The molecule has 0 aromatic heterocycles. The van der Waals surface area contributed by atoms with Crippen molar-refractivity contribution in [2.45, 2.75) is 51.7 Å². The Morgan fingerprint density at radius 1 is 1.33 bits per heavy atom. The van der Waals surface area contributed by atoms with Crippen molar-refractivity contribution in [1.82, 2.24) is 4.90 Å². The zero-order valence-corrected chi connectivity index (χ0v) is 12.6. The molecule has 1 atom stereocenters. The summed E-state index contributed by atoms with van der Waals surface area (Å²) < 4.78 is 18.2. The van der Waals surface area contributed by atoms with E-state index >= 15 is 0 Å². The second kappa shape index (κ2) is 5.84. The van der Waals surface area contributed by atoms with Gasteiger partial charge in [0.15, 0.2) is 0 Å². The Bertz CT molecular complexity index is 533. The van der Waals surface area contributed by atoms with E-state index in [9.17, 15) is 14.0 Å². The van der Waals surface area contributed by atoms with Crippen LogP contribution in [0.4, 0.5) is 9.18 Å². The number of carbonyl (C=O) groups excluding carboxylic acids is 2. The summed E-state index contributed by atoms with van der Waals surface area (Å²) in [5.41, 5.74) is 0.255. The van der Waals surface area contributed by atoms with Crippen LogP contribution in [0.3, 0.4) is 0 Å². The molecule has 0 aliphatic carbocycles. The molecule has 114 valence electrons. The Hall–Kier alpha value is -1.91. The van der Waals surface area contributed by atoms with Crippen molar-refractivity contribution >= 4 is 12.0 Å². The van der Waals surface area contributed by atoms with Crippen molar-refractivity contribution in [3.8, 4) is 0 Å². The third-order valence-electron chi connectivity index (χ3n) is 3.30. The molecule has 1 aliphatic rings. The van der Waals surface area contributed by atoms with Crippen molar-refractivity contribution in [1.29, 1.82) is 0 Å². The summed E-state index contributed by atoms with van der Waals surface area (Å²) in [5.74, 6) is -0.512. The largest absolute Gasteiger partial charge is 0.443 e. The van der Waals surface area contributed by atoms with Gasteiger partial charge in [0.2, 0.25) is 5.91 Å². The number of amides is 2. The standard InChI is InChI=1S/C16H20FNO3/c1-16(2,3)21-15(20)18-13(8-9-14(18)19)10-11-4-6-12(17)7-5-11/h4-7,13H,8-10H2,1-3H3/t13-/m1/s1. The summed E-state index contributed by atoms with van der Waals surface area (Å²) in [6.45, 7) is 5.29. The number of hydrogen-bond donors (Lipinski definition) is 0. The molecule has 4 nitrogen and oxygen atoms in total. The van der Waals surface area contributed by atoms with Crippen LogP contribution in [0.2, 0.25) is 0 Å². The van der Waals surface area contributed by atoms with E-state index in [-0.39, 0.29) is 17.8 Å². The predicted molar refractivity (Wildman–Crippen MR) is 76.2 cm³/mol. The first-order chi connectivity index (χ1) is 9.76. The molecular formula is C16H20FNO3. The third-order valence-corrected chi connectivity index (χ3v) is 3.30. The molecular weight excluding hydrogens is 273 g/mol. The quantitative estimate of drug-likeness (QED) is 0.840. The van der Waals surface area contributed by atoms with Gasteiger partial charge in [0.1, 0.15) is 11.4 Å². The molecule has 0 unspecified atom stereocenters. The van der Waals surface area contributed by atoms with Gasteiger partial charge in [-0.2, -0.15) is 0 Å². The predicted octanol–water partition coefficient (Wildman–Crippen LogP) is 3.29. The Morgan fingerprint density at radius 2 is 1.95 bits per heavy atom. The van der Waals surface area contributed by atoms with Crippen LogP contribution in [0.25, 0.3) is 0 Å². The minimum absolute atomic E-state index is 0.212. The fraction of sp³-hybridized carbons (Fsp3) is 0.500. The van der Waals surface area contributed by atoms with Crippen LogP contribution in [0.1, 0.15) is 39.2 Å². The van der Waals surface area contributed by atoms with E-state index in [1.165, 1.54) is 17.0 Å². The highest BCUT2D eigenvalue weighted by Crippen LogP contribution is 2.25. The molecule has 1 aromatic rings. The van der Waals surface area contributed by atoms with Crippen molar-refractivity contribution in [2.75, 3.05) is 0 Å². The smallest absolute Gasteiger partial charge is 0.417 e. The van der Waals surface area contributed by atoms with Gasteiger partial charge in [-0.15, -0.1) is 0 Å². The highest BCUT2D eigenvalue weighted by atomic mass is 19.1. The molecule has 1 saturated heterocycles. The van der Waals surface area contributed by atoms with Crippen molar-refractivity contribution < 1.29 is 18.7 Å². The lowest BCUT2D eigenvalue weighted by molar-refractivity contribution is -0.128. The van der Waals surface area contributed by atoms with Gasteiger partial charge in [-0.05, 0) is 51.3 Å². The molecule has 21 heavy (non-hydrogen) atoms. The van der Waals surface area contributed by atoms with Crippen LogP contribution in [0.15, 0.2) is 24.3 Å². The maximum atomic E-state index is 12.9. The number of carbonyl (C=O) groups is 2. The molecule has 2 rings (SSSR count). The lowest BCUT2D eigenvalue weighted by Gasteiger charge is -2.27. The summed E-state index contributed by atoms with van der Waals surface area (Å²) in [4.78, 5) is 25.3. The normalized spacial score (nSPS) is 19.0. The molecule has 2 amide bonds. The second-order valence-corrected chi connectivity index (χ2v) is 6.27. The monoisotopic (exact) mass is 293 g/mol. The van der Waals surface area contributed by atoms with Gasteiger partial charge in [-0.3, -0.25) is 4.79 Å². The lowest BCUT2D eigenvalue weighted by Crippen LogP contribution is -2.43. The lowest BCUT2D eigenvalue weighted by atomic mass is 10.0. The van der Waals surface area contributed by atoms with E-state index in [1.807, 2.05) is 0 Å². The fourth-order valence-electron chi connectivity index (χ4n) is 2.39. The van der Waals surface area contributed by atoms with Crippen molar-refractivity contribution in [2.24, 2.45) is 0 Å². The Labute approximate surface area is 123 Å². The van der Waals surface area contributed by atoms with Crippen molar-refractivity contribution in [3.63, 3.8) is 0 Å². The maximum Gasteiger partial charge on any atom is 0.417 e. The molecule has 1 fully saturated rings. The Balaban J connectivity index is 2.09. The summed E-state index contributed by atoms with van der Waals surface area (Å²) in [7, 11) is 0. The molecule has 1 aliphatic heterocycles. The number of benzene rings is 1. The first kappa shape index (κ1) is 15.5. The zero-order valence-electron chi connectivity index (χ0n) is 12.6. The molecule has 1 heterocycles. The summed E-state index contributed by atoms with van der Waals surface area (Å²) >= 11 is 0. The van der Waals surface area contributed by atoms with Crippen LogP contribution < -0.4 is 0 Å². The molecule has 0 N–H and O–H groups in total. The van der Waals surface area contributed by atoms with Crippen LogP contribution >= 0.6 is 0 Å². The average Bonchev–Trinajstić information content (AvgIpc) is 2.71. The van der Waals surface area contributed by atoms with E-state index in [2.05, 4.69) is 0 Å². The van der Waals surface area contributed by atoms with E-state index in [0.717, 1.165) is 5.56 Å². The first-order valence-electron chi connectivity index (χ1n) is 7.06. The number of halogens is 1. The maximum absolute atomic E-state index is 12.9. The highest BCUT2D eigenvalue weighted by molar-refractivity contribution is 5.94. The Morgan fingerprint density at radius 3 is 2.52 bits per heavy atom. The number of likely N-dealkylation sites (tertiary alicyclic amines) is 1. The minimum atomic E-state index is -0.639. The summed E-state index contributed by atoms with van der Waals surface area (Å²) in [6.07, 6.45) is 0.864. The van der Waals surface area contributed by atoms with E-state index in [0.29, 0.717) is 19.3 Å². The van der Waals surface area contributed by atoms with Gasteiger partial charge in [-0.25, -0.2) is 14.1 Å². The molecule has 0 spiro atoms. The van der Waals surface area contributed by atoms with Gasteiger partial charge in [-0.1, -0.05) is 12.1 Å². The third kappa shape index (κ3) is 4.03. The summed E-state index contributed by atoms with van der Waals surface area (Å²) in [5, 5.41) is 0. The number of hydrogen-bond acceptors (Lipinski definition) is 3. The van der Waals surface area contributed by atoms with Crippen LogP contribution in [-0.4, -0.2) is 28.5 Å². The topological polar surface area (TPSA) is 46.6 Å². The van der Waals surface area contributed by atoms with E-state index in [4.69, 9.17) is 4.74 Å². The number of imide groups is 1. The van der Waals surface area contributed by atoms with Gasteiger partial charge >= 0.3 is 6.09 Å². The summed E-state index contributed by atoms with van der Waals surface area (Å²) in [6, 6.07) is 5.88. The SMILES string of the molecule is CC(C)(C)OC(=O)N1C(=O)CC[C@@H]1Cc1ccc(F)cc1. The van der Waals surface area contributed by atoms with Gasteiger partial charge < -0.3 is 4.74 Å². The number of rotatable bonds is 2. The molecule has 0 radical (unpaired) electrons. The van der Waals surface area contributed by atoms with Crippen molar-refractivity contribution in [3.05, 3.63) is 35.6 Å². The highest BCUT2D eigenvalue weighted by Gasteiger charge is 2.38. The average molecular weight is 293 g/mol. The van der Waals surface area contributed by atoms with E-state index < -0.39 is 11.7 Å². The molecule has 0 saturated carbocycles. The van der Waals surface area contributed by atoms with Crippen LogP contribution in [0.5, 0.6) is 0 Å². The zero-order chi connectivity index (χ0) is 15.6. The van der Waals surface area contributed by atoms with Gasteiger partial charge in [0.25, 0.3) is 0 Å². The van der Waals surface area contributed by atoms with Gasteiger partial charge in [0, 0.05) is 12.5 Å². The molecule has 0 bridgehead atoms. The Kier molecular flexibility index (Phi) is 4.30. The van der Waals surface area contributed by atoms with Crippen LogP contribution in [0, 0.1) is 5.82 Å². The van der Waals surface area contributed by atoms with Crippen LogP contribution in [-0.2, 0) is 16.0 Å².